The molecule has 1 N–H and O–H groups in total. The number of hydrogen-bond acceptors (Lipinski definition) is 5. The SMILES string of the molecule is C#CCSc1nc(Nc2cccc(C(F)(F)F)c2)c(C#N)c(-c2ccccc2)n1. The molecule has 29 heavy (non-hydrogen) atoms. The molecule has 0 saturated carbocycles. The minimum Gasteiger partial charge on any atom is -0.339 e. The summed E-state index contributed by atoms with van der Waals surface area (Å²) >= 11 is 1.19. The lowest BCUT2D eigenvalue weighted by Crippen LogP contribution is -2.07. The number of benzene rings is 2. The molecule has 3 aromatic rings. The van der Waals surface area contributed by atoms with E-state index in [2.05, 4.69) is 27.3 Å². The summed E-state index contributed by atoms with van der Waals surface area (Å²) in [6.45, 7) is 0. The number of anilines is 2. The van der Waals surface area contributed by atoms with Crippen molar-refractivity contribution < 1.29 is 13.2 Å². The minimum absolute atomic E-state index is 0.111. The largest absolute Gasteiger partial charge is 0.416 e. The monoisotopic (exact) mass is 410 g/mol. The van der Waals surface area contributed by atoms with Crippen molar-refractivity contribution in [3.05, 3.63) is 65.7 Å². The van der Waals surface area contributed by atoms with Crippen LogP contribution in [0.5, 0.6) is 0 Å². The summed E-state index contributed by atoms with van der Waals surface area (Å²) in [6.07, 6.45) is 0.818. The van der Waals surface area contributed by atoms with Gasteiger partial charge in [0.2, 0.25) is 0 Å². The summed E-state index contributed by atoms with van der Waals surface area (Å²) in [5.74, 6) is 2.89. The van der Waals surface area contributed by atoms with E-state index in [1.807, 2.05) is 6.07 Å². The second-order valence-electron chi connectivity index (χ2n) is 5.75. The van der Waals surface area contributed by atoms with Crippen LogP contribution in [0.1, 0.15) is 11.1 Å². The number of alkyl halides is 3. The number of thioether (sulfide) groups is 1. The Hall–Kier alpha value is -3.49. The zero-order valence-corrected chi connectivity index (χ0v) is 15.7. The molecule has 144 valence electrons. The van der Waals surface area contributed by atoms with Crippen LogP contribution in [0.25, 0.3) is 11.3 Å². The maximum absolute atomic E-state index is 13.0. The van der Waals surface area contributed by atoms with Gasteiger partial charge in [-0.3, -0.25) is 0 Å². The Morgan fingerprint density at radius 2 is 1.83 bits per heavy atom. The van der Waals surface area contributed by atoms with Crippen molar-refractivity contribution >= 4 is 23.3 Å². The maximum atomic E-state index is 13.0. The molecule has 0 amide bonds. The van der Waals surface area contributed by atoms with Gasteiger partial charge in [0.25, 0.3) is 0 Å². The molecular formula is C21H13F3N4S. The first-order chi connectivity index (χ1) is 13.9. The Labute approximate surface area is 169 Å². The number of aromatic nitrogens is 2. The first-order valence-electron chi connectivity index (χ1n) is 8.30. The Balaban J connectivity index is 2.10. The number of nitriles is 1. The Morgan fingerprint density at radius 1 is 1.07 bits per heavy atom. The number of halogens is 3. The molecule has 3 rings (SSSR count). The maximum Gasteiger partial charge on any atom is 0.416 e. The molecule has 0 aliphatic rings. The van der Waals surface area contributed by atoms with E-state index in [-0.39, 0.29) is 17.1 Å². The molecule has 0 radical (unpaired) electrons. The third-order valence-electron chi connectivity index (χ3n) is 3.78. The molecule has 0 aliphatic heterocycles. The molecule has 1 heterocycles. The number of hydrogen-bond donors (Lipinski definition) is 1. The van der Waals surface area contributed by atoms with Crippen molar-refractivity contribution in [1.29, 1.82) is 5.26 Å². The quantitative estimate of drug-likeness (QED) is 0.342. The molecule has 0 spiro atoms. The molecule has 0 bridgehead atoms. The van der Waals surface area contributed by atoms with E-state index in [1.54, 1.807) is 24.3 Å². The van der Waals surface area contributed by atoms with Gasteiger partial charge in [-0.15, -0.1) is 6.42 Å². The van der Waals surface area contributed by atoms with E-state index in [9.17, 15) is 18.4 Å². The summed E-state index contributed by atoms with van der Waals surface area (Å²) in [7, 11) is 0. The lowest BCUT2D eigenvalue weighted by molar-refractivity contribution is -0.137. The highest BCUT2D eigenvalue weighted by Crippen LogP contribution is 2.33. The van der Waals surface area contributed by atoms with Crippen molar-refractivity contribution in [3.8, 4) is 29.7 Å². The smallest absolute Gasteiger partial charge is 0.339 e. The van der Waals surface area contributed by atoms with Gasteiger partial charge in [-0.1, -0.05) is 54.1 Å². The number of terminal acetylenes is 1. The fourth-order valence-corrected chi connectivity index (χ4v) is 3.05. The van der Waals surface area contributed by atoms with Gasteiger partial charge < -0.3 is 5.32 Å². The second kappa shape index (κ2) is 8.68. The molecule has 0 unspecified atom stereocenters. The first kappa shape index (κ1) is 20.2. The van der Waals surface area contributed by atoms with Crippen LogP contribution in [-0.2, 0) is 6.18 Å². The fourth-order valence-electron chi connectivity index (χ4n) is 2.52. The zero-order chi connectivity index (χ0) is 20.9. The summed E-state index contributed by atoms with van der Waals surface area (Å²) in [4.78, 5) is 8.72. The summed E-state index contributed by atoms with van der Waals surface area (Å²) < 4.78 is 39.0. The van der Waals surface area contributed by atoms with Crippen LogP contribution in [0.15, 0.2) is 59.8 Å². The van der Waals surface area contributed by atoms with Crippen LogP contribution >= 0.6 is 11.8 Å². The van der Waals surface area contributed by atoms with Gasteiger partial charge in [0, 0.05) is 11.3 Å². The van der Waals surface area contributed by atoms with Crippen molar-refractivity contribution in [2.24, 2.45) is 0 Å². The van der Waals surface area contributed by atoms with Gasteiger partial charge in [0.1, 0.15) is 11.6 Å². The van der Waals surface area contributed by atoms with Crippen LogP contribution in [0.4, 0.5) is 24.7 Å². The van der Waals surface area contributed by atoms with Crippen LogP contribution in [0.2, 0.25) is 0 Å². The minimum atomic E-state index is -4.48. The predicted molar refractivity (Wildman–Crippen MR) is 106 cm³/mol. The fraction of sp³-hybridized carbons (Fsp3) is 0.0952. The van der Waals surface area contributed by atoms with Gasteiger partial charge in [-0.2, -0.15) is 18.4 Å². The molecule has 4 nitrogen and oxygen atoms in total. The van der Waals surface area contributed by atoms with Crippen molar-refractivity contribution in [1.82, 2.24) is 9.97 Å². The topological polar surface area (TPSA) is 61.6 Å². The van der Waals surface area contributed by atoms with Crippen LogP contribution < -0.4 is 5.32 Å². The molecular weight excluding hydrogens is 397 g/mol. The molecule has 0 aliphatic carbocycles. The number of nitrogens with one attached hydrogen (secondary N) is 1. The molecule has 1 aromatic heterocycles. The van der Waals surface area contributed by atoms with Crippen molar-refractivity contribution in [3.63, 3.8) is 0 Å². The van der Waals surface area contributed by atoms with E-state index >= 15 is 0 Å². The molecule has 0 saturated heterocycles. The highest BCUT2D eigenvalue weighted by molar-refractivity contribution is 7.99. The second-order valence-corrected chi connectivity index (χ2v) is 6.70. The lowest BCUT2D eigenvalue weighted by atomic mass is 10.1. The summed E-state index contributed by atoms with van der Waals surface area (Å²) in [5.41, 5.74) is 0.527. The van der Waals surface area contributed by atoms with Gasteiger partial charge in [-0.25, -0.2) is 9.97 Å². The predicted octanol–water partition coefficient (Wildman–Crippen LogP) is 5.50. The van der Waals surface area contributed by atoms with Crippen LogP contribution in [0, 0.1) is 23.7 Å². The Morgan fingerprint density at radius 3 is 2.48 bits per heavy atom. The Kier molecular flexibility index (Phi) is 6.06. The summed E-state index contributed by atoms with van der Waals surface area (Å²) in [5, 5.41) is 12.8. The van der Waals surface area contributed by atoms with Crippen molar-refractivity contribution in [2.45, 2.75) is 11.3 Å². The molecule has 0 fully saturated rings. The van der Waals surface area contributed by atoms with E-state index in [1.165, 1.54) is 23.9 Å². The van der Waals surface area contributed by atoms with Gasteiger partial charge in [0.05, 0.1) is 17.0 Å². The third kappa shape index (κ3) is 4.87. The highest BCUT2D eigenvalue weighted by Gasteiger charge is 2.30. The van der Waals surface area contributed by atoms with Gasteiger partial charge in [-0.05, 0) is 18.2 Å². The Bertz CT molecular complexity index is 1100. The number of rotatable bonds is 5. The number of nitrogens with zero attached hydrogens (tertiary/aromatic N) is 3. The molecule has 2 aromatic carbocycles. The van der Waals surface area contributed by atoms with E-state index in [0.29, 0.717) is 22.2 Å². The van der Waals surface area contributed by atoms with E-state index in [4.69, 9.17) is 6.42 Å². The third-order valence-corrected chi connectivity index (χ3v) is 4.54. The van der Waals surface area contributed by atoms with Gasteiger partial charge in [0.15, 0.2) is 11.0 Å². The first-order valence-corrected chi connectivity index (χ1v) is 9.29. The van der Waals surface area contributed by atoms with Crippen molar-refractivity contribution in [2.75, 3.05) is 11.1 Å². The standard InChI is InChI=1S/C21H13F3N4S/c1-2-11-29-20-27-18(14-7-4-3-5-8-14)17(13-25)19(28-20)26-16-10-6-9-15(12-16)21(22,23)24/h1,3-10,12H,11H2,(H,26,27,28). The van der Waals surface area contributed by atoms with E-state index in [0.717, 1.165) is 12.1 Å². The average molecular weight is 410 g/mol. The molecule has 0 atom stereocenters. The van der Waals surface area contributed by atoms with Crippen LogP contribution in [0.3, 0.4) is 0 Å². The van der Waals surface area contributed by atoms with E-state index < -0.39 is 11.7 Å². The van der Waals surface area contributed by atoms with Crippen LogP contribution in [-0.4, -0.2) is 15.7 Å². The average Bonchev–Trinajstić information content (AvgIpc) is 2.72. The zero-order valence-electron chi connectivity index (χ0n) is 14.9. The lowest BCUT2D eigenvalue weighted by Gasteiger charge is -2.14. The highest BCUT2D eigenvalue weighted by atomic mass is 32.2. The molecule has 8 heteroatoms. The normalized spacial score (nSPS) is 10.8. The van der Waals surface area contributed by atoms with Gasteiger partial charge >= 0.3 is 6.18 Å². The summed E-state index contributed by atoms with van der Waals surface area (Å²) in [6, 6.07) is 15.7.